The average molecular weight is 441 g/mol. The van der Waals surface area contributed by atoms with Crippen LogP contribution in [0.5, 0.6) is 5.75 Å². The molecule has 2 aromatic carbocycles. The van der Waals surface area contributed by atoms with Gasteiger partial charge in [-0.2, -0.15) is 0 Å². The number of carbonyl (C=O) groups excluding carboxylic acids is 2. The maximum absolute atomic E-state index is 12.9. The summed E-state index contributed by atoms with van der Waals surface area (Å²) in [6, 6.07) is 11.2. The maximum Gasteiger partial charge on any atom is 0.270 e. The van der Waals surface area contributed by atoms with Crippen LogP contribution in [0.1, 0.15) is 37.0 Å². The standard InChI is InChI=1S/C23H28N4O5/c1-3-32-19-7-4-17(5-8-19)25-22(28)15-24-23(29)20-14-18(27(30)31)6-9-21(20)26-12-10-16(2)11-13-26/h4-9,14,16H,3,10-13,15H2,1-2H3,(H,24,29)(H,25,28). The molecule has 1 fully saturated rings. The molecule has 0 saturated carbocycles. The molecular formula is C23H28N4O5. The summed E-state index contributed by atoms with van der Waals surface area (Å²) in [7, 11) is 0. The normalized spacial score (nSPS) is 14.0. The molecule has 9 heteroatoms. The topological polar surface area (TPSA) is 114 Å². The zero-order valence-corrected chi connectivity index (χ0v) is 18.3. The summed E-state index contributed by atoms with van der Waals surface area (Å²) in [5.41, 5.74) is 1.25. The van der Waals surface area contributed by atoms with Crippen molar-refractivity contribution in [1.29, 1.82) is 0 Å². The fourth-order valence-corrected chi connectivity index (χ4v) is 3.61. The number of carbonyl (C=O) groups is 2. The van der Waals surface area contributed by atoms with Gasteiger partial charge in [-0.05, 0) is 56.0 Å². The predicted molar refractivity (Wildman–Crippen MR) is 122 cm³/mol. The number of nitrogens with zero attached hydrogens (tertiary/aromatic N) is 2. The Bertz CT molecular complexity index is 969. The third-order valence-corrected chi connectivity index (χ3v) is 5.42. The van der Waals surface area contributed by atoms with Crippen LogP contribution in [0.3, 0.4) is 0 Å². The van der Waals surface area contributed by atoms with Crippen molar-refractivity contribution in [3.8, 4) is 5.75 Å². The van der Waals surface area contributed by atoms with Gasteiger partial charge in [0.2, 0.25) is 5.91 Å². The minimum absolute atomic E-state index is 0.164. The second kappa shape index (κ2) is 10.6. The number of ether oxygens (including phenoxy) is 1. The number of hydrogen-bond donors (Lipinski definition) is 2. The van der Waals surface area contributed by atoms with Crippen molar-refractivity contribution in [3.63, 3.8) is 0 Å². The van der Waals surface area contributed by atoms with E-state index in [-0.39, 0.29) is 17.8 Å². The highest BCUT2D eigenvalue weighted by Gasteiger charge is 2.23. The minimum atomic E-state index is -0.530. The van der Waals surface area contributed by atoms with Gasteiger partial charge in [0.25, 0.3) is 11.6 Å². The number of non-ortho nitro benzene ring substituents is 1. The van der Waals surface area contributed by atoms with Gasteiger partial charge in [-0.25, -0.2) is 0 Å². The molecule has 2 aromatic rings. The first kappa shape index (κ1) is 23.1. The molecule has 0 spiro atoms. The average Bonchev–Trinajstić information content (AvgIpc) is 2.79. The van der Waals surface area contributed by atoms with Crippen molar-refractivity contribution in [2.75, 3.05) is 36.5 Å². The smallest absolute Gasteiger partial charge is 0.270 e. The molecule has 2 N–H and O–H groups in total. The summed E-state index contributed by atoms with van der Waals surface area (Å²) < 4.78 is 5.37. The molecule has 0 radical (unpaired) electrons. The SMILES string of the molecule is CCOc1ccc(NC(=O)CNC(=O)c2cc([N+](=O)[O-])ccc2N2CCC(C)CC2)cc1. The van der Waals surface area contributed by atoms with Crippen LogP contribution in [0.4, 0.5) is 17.1 Å². The fourth-order valence-electron chi connectivity index (χ4n) is 3.61. The third kappa shape index (κ3) is 5.96. The first-order valence-electron chi connectivity index (χ1n) is 10.7. The summed E-state index contributed by atoms with van der Waals surface area (Å²) in [5, 5.41) is 16.5. The summed E-state index contributed by atoms with van der Waals surface area (Å²) in [6.07, 6.45) is 1.98. The van der Waals surface area contributed by atoms with Crippen molar-refractivity contribution >= 4 is 28.9 Å². The first-order chi connectivity index (χ1) is 15.4. The lowest BCUT2D eigenvalue weighted by molar-refractivity contribution is -0.384. The van der Waals surface area contributed by atoms with Crippen LogP contribution < -0.4 is 20.3 Å². The molecule has 2 amide bonds. The number of rotatable bonds is 8. The number of nitro groups is 1. The lowest BCUT2D eigenvalue weighted by atomic mass is 9.98. The van der Waals surface area contributed by atoms with Crippen molar-refractivity contribution in [3.05, 3.63) is 58.1 Å². The Balaban J connectivity index is 1.66. The highest BCUT2D eigenvalue weighted by atomic mass is 16.6. The predicted octanol–water partition coefficient (Wildman–Crippen LogP) is 3.60. The molecule has 0 bridgehead atoms. The van der Waals surface area contributed by atoms with Crippen molar-refractivity contribution in [1.82, 2.24) is 5.32 Å². The number of benzene rings is 2. The molecule has 0 atom stereocenters. The molecule has 1 saturated heterocycles. The largest absolute Gasteiger partial charge is 0.494 e. The van der Waals surface area contributed by atoms with Gasteiger partial charge in [-0.15, -0.1) is 0 Å². The number of nitro benzene ring substituents is 1. The monoisotopic (exact) mass is 440 g/mol. The van der Waals surface area contributed by atoms with E-state index in [1.807, 2.05) is 6.92 Å². The van der Waals surface area contributed by atoms with E-state index < -0.39 is 16.7 Å². The number of hydrogen-bond acceptors (Lipinski definition) is 6. The molecule has 3 rings (SSSR count). The Kier molecular flexibility index (Phi) is 7.64. The van der Waals surface area contributed by atoms with Gasteiger partial charge in [0.15, 0.2) is 0 Å². The van der Waals surface area contributed by atoms with E-state index in [0.29, 0.717) is 29.6 Å². The second-order valence-corrected chi connectivity index (χ2v) is 7.82. The Morgan fingerprint density at radius 1 is 1.16 bits per heavy atom. The van der Waals surface area contributed by atoms with E-state index in [1.165, 1.54) is 12.1 Å². The highest BCUT2D eigenvalue weighted by Crippen LogP contribution is 2.29. The Hall–Kier alpha value is -3.62. The summed E-state index contributed by atoms with van der Waals surface area (Å²) >= 11 is 0. The van der Waals surface area contributed by atoms with Gasteiger partial charge < -0.3 is 20.3 Å². The molecule has 32 heavy (non-hydrogen) atoms. The zero-order valence-electron chi connectivity index (χ0n) is 18.3. The number of nitrogens with one attached hydrogen (secondary N) is 2. The molecular weight excluding hydrogens is 412 g/mol. The third-order valence-electron chi connectivity index (χ3n) is 5.42. The van der Waals surface area contributed by atoms with Crippen LogP contribution in [0.15, 0.2) is 42.5 Å². The van der Waals surface area contributed by atoms with Crippen LogP contribution in [0, 0.1) is 16.0 Å². The lowest BCUT2D eigenvalue weighted by Gasteiger charge is -2.33. The van der Waals surface area contributed by atoms with Gasteiger partial charge in [-0.3, -0.25) is 19.7 Å². The number of amides is 2. The quantitative estimate of drug-likeness (QED) is 0.479. The van der Waals surface area contributed by atoms with E-state index in [0.717, 1.165) is 25.9 Å². The lowest BCUT2D eigenvalue weighted by Crippen LogP contribution is -2.36. The fraction of sp³-hybridized carbons (Fsp3) is 0.391. The molecule has 9 nitrogen and oxygen atoms in total. The van der Waals surface area contributed by atoms with E-state index in [4.69, 9.17) is 4.74 Å². The number of anilines is 2. The Morgan fingerprint density at radius 3 is 2.47 bits per heavy atom. The van der Waals surface area contributed by atoms with Crippen LogP contribution in [-0.2, 0) is 4.79 Å². The second-order valence-electron chi connectivity index (χ2n) is 7.82. The molecule has 1 aliphatic heterocycles. The molecule has 0 aromatic heterocycles. The van der Waals surface area contributed by atoms with E-state index in [1.54, 1.807) is 30.3 Å². The van der Waals surface area contributed by atoms with Crippen LogP contribution in [0.2, 0.25) is 0 Å². The molecule has 1 heterocycles. The minimum Gasteiger partial charge on any atom is -0.494 e. The summed E-state index contributed by atoms with van der Waals surface area (Å²) in [6.45, 7) is 5.91. The van der Waals surface area contributed by atoms with Gasteiger partial charge in [0.1, 0.15) is 5.75 Å². The highest BCUT2D eigenvalue weighted by molar-refractivity contribution is 6.03. The van der Waals surface area contributed by atoms with E-state index in [2.05, 4.69) is 22.5 Å². The van der Waals surface area contributed by atoms with Gasteiger partial charge >= 0.3 is 0 Å². The first-order valence-corrected chi connectivity index (χ1v) is 10.7. The summed E-state index contributed by atoms with van der Waals surface area (Å²) in [5.74, 6) is 0.377. The van der Waals surface area contributed by atoms with Gasteiger partial charge in [-0.1, -0.05) is 6.92 Å². The van der Waals surface area contributed by atoms with Gasteiger partial charge in [0.05, 0.1) is 29.3 Å². The Labute approximate surface area is 186 Å². The molecule has 0 unspecified atom stereocenters. The van der Waals surface area contributed by atoms with Crippen LogP contribution >= 0.6 is 0 Å². The van der Waals surface area contributed by atoms with Crippen LogP contribution in [-0.4, -0.2) is 43.0 Å². The van der Waals surface area contributed by atoms with Gasteiger partial charge in [0, 0.05) is 30.9 Å². The van der Waals surface area contributed by atoms with Crippen molar-refractivity contribution in [2.45, 2.75) is 26.7 Å². The maximum atomic E-state index is 12.9. The molecule has 1 aliphatic rings. The van der Waals surface area contributed by atoms with E-state index in [9.17, 15) is 19.7 Å². The van der Waals surface area contributed by atoms with Crippen molar-refractivity contribution in [2.24, 2.45) is 5.92 Å². The van der Waals surface area contributed by atoms with Crippen LogP contribution in [0.25, 0.3) is 0 Å². The van der Waals surface area contributed by atoms with Crippen molar-refractivity contribution < 1.29 is 19.2 Å². The zero-order chi connectivity index (χ0) is 23.1. The molecule has 0 aliphatic carbocycles. The Morgan fingerprint density at radius 2 is 1.84 bits per heavy atom. The molecule has 170 valence electrons. The summed E-state index contributed by atoms with van der Waals surface area (Å²) in [4.78, 5) is 37.9. The van der Waals surface area contributed by atoms with E-state index >= 15 is 0 Å². The number of piperidine rings is 1.